The zero-order chi connectivity index (χ0) is 25.6. The highest BCUT2D eigenvalue weighted by Crippen LogP contribution is 2.31. The summed E-state index contributed by atoms with van der Waals surface area (Å²) in [5.41, 5.74) is 5.08. The fourth-order valence-corrected chi connectivity index (χ4v) is 6.90. The minimum atomic E-state index is 0.438. The van der Waals surface area contributed by atoms with Gasteiger partial charge in [-0.25, -0.2) is 0 Å². The molecule has 0 saturated carbocycles. The van der Waals surface area contributed by atoms with E-state index in [0.29, 0.717) is 18.4 Å². The molecule has 3 unspecified atom stereocenters. The van der Waals surface area contributed by atoms with Gasteiger partial charge in [-0.3, -0.25) is 19.6 Å². The number of rotatable bonds is 6. The summed E-state index contributed by atoms with van der Waals surface area (Å²) in [7, 11) is 0. The second-order valence-electron chi connectivity index (χ2n) is 11.3. The number of benzene rings is 2. The molecule has 4 heteroatoms. The van der Waals surface area contributed by atoms with Gasteiger partial charge in [-0.15, -0.1) is 0 Å². The van der Waals surface area contributed by atoms with Crippen LogP contribution in [0.15, 0.2) is 73.8 Å². The van der Waals surface area contributed by atoms with E-state index in [2.05, 4.69) is 100 Å². The van der Waals surface area contributed by atoms with Crippen molar-refractivity contribution in [3.8, 4) is 0 Å². The molecule has 3 atom stereocenters. The van der Waals surface area contributed by atoms with Gasteiger partial charge in [0.1, 0.15) is 0 Å². The molecule has 4 nitrogen and oxygen atoms in total. The molecule has 4 heterocycles. The Bertz CT molecular complexity index is 1020. The molecular formula is C33H46N4. The van der Waals surface area contributed by atoms with Crippen LogP contribution in [0.5, 0.6) is 0 Å². The van der Waals surface area contributed by atoms with Gasteiger partial charge in [0.2, 0.25) is 0 Å². The van der Waals surface area contributed by atoms with Crippen LogP contribution in [0.1, 0.15) is 56.6 Å². The maximum absolute atomic E-state index is 4.35. The molecule has 198 valence electrons. The number of hydrogen-bond acceptors (Lipinski definition) is 4. The molecule has 0 radical (unpaired) electrons. The third-order valence-electron chi connectivity index (χ3n) is 8.94. The lowest BCUT2D eigenvalue weighted by Gasteiger charge is -2.44. The Kier molecular flexibility index (Phi) is 8.93. The first-order valence-corrected chi connectivity index (χ1v) is 14.6. The molecule has 6 rings (SSSR count). The van der Waals surface area contributed by atoms with E-state index in [1.165, 1.54) is 100 Å². The summed E-state index contributed by atoms with van der Waals surface area (Å²) in [6.45, 7) is 19.6. The molecule has 0 aliphatic carbocycles. The summed E-state index contributed by atoms with van der Waals surface area (Å²) in [6, 6.07) is 21.7. The van der Waals surface area contributed by atoms with Crippen molar-refractivity contribution < 1.29 is 0 Å². The van der Waals surface area contributed by atoms with Gasteiger partial charge in [-0.05, 0) is 80.8 Å². The van der Waals surface area contributed by atoms with Crippen molar-refractivity contribution in [2.45, 2.75) is 63.8 Å². The average molecular weight is 499 g/mol. The van der Waals surface area contributed by atoms with E-state index in [9.17, 15) is 0 Å². The van der Waals surface area contributed by atoms with Crippen molar-refractivity contribution in [1.29, 1.82) is 0 Å². The first kappa shape index (κ1) is 26.4. The Balaban J connectivity index is 0.000000152. The summed E-state index contributed by atoms with van der Waals surface area (Å²) < 4.78 is 0. The van der Waals surface area contributed by atoms with Gasteiger partial charge in [0.05, 0.1) is 12.3 Å². The van der Waals surface area contributed by atoms with E-state index in [1.807, 2.05) is 0 Å². The molecule has 0 spiro atoms. The normalized spacial score (nSPS) is 25.5. The number of fused-ring (bicyclic) bond motifs is 2. The van der Waals surface area contributed by atoms with Crippen molar-refractivity contribution in [3.05, 3.63) is 84.9 Å². The molecule has 0 bridgehead atoms. The lowest BCUT2D eigenvalue weighted by atomic mass is 9.98. The van der Waals surface area contributed by atoms with Gasteiger partial charge in [-0.1, -0.05) is 73.8 Å². The third kappa shape index (κ3) is 6.26. The van der Waals surface area contributed by atoms with Crippen molar-refractivity contribution in [2.24, 2.45) is 0 Å². The minimum absolute atomic E-state index is 0.438. The van der Waals surface area contributed by atoms with Crippen molar-refractivity contribution in [2.75, 3.05) is 45.8 Å². The first-order chi connectivity index (χ1) is 18.1. The van der Waals surface area contributed by atoms with Gasteiger partial charge in [0.15, 0.2) is 0 Å². The van der Waals surface area contributed by atoms with Gasteiger partial charge in [-0.2, -0.15) is 0 Å². The standard InChI is InChI=1S/C17H24N2.C16H22N2/c1-14(16-8-4-3-5-9-16)15(2)19-13-7-12-18-11-6-10-17(18)19;1-14(15-7-3-2-4-8-15)13-18-12-6-11-17-10-5-9-16(17)18/h3-5,8-9,15,17H,1,6-7,10-13H2,2H3;2-4,7-8,16H,1,5-6,9-13H2. The summed E-state index contributed by atoms with van der Waals surface area (Å²) in [6.07, 6.45) is 9.31. The largest absolute Gasteiger partial charge is 0.288 e. The van der Waals surface area contributed by atoms with Gasteiger partial charge < -0.3 is 0 Å². The van der Waals surface area contributed by atoms with Crippen LogP contribution >= 0.6 is 0 Å². The van der Waals surface area contributed by atoms with Gasteiger partial charge >= 0.3 is 0 Å². The van der Waals surface area contributed by atoms with E-state index in [0.717, 1.165) is 6.54 Å². The molecule has 4 aliphatic heterocycles. The van der Waals surface area contributed by atoms with Crippen LogP contribution in [-0.4, -0.2) is 83.8 Å². The van der Waals surface area contributed by atoms with Crippen LogP contribution in [0.25, 0.3) is 11.1 Å². The van der Waals surface area contributed by atoms with Crippen molar-refractivity contribution in [3.63, 3.8) is 0 Å². The highest BCUT2D eigenvalue weighted by Gasteiger charge is 2.36. The van der Waals surface area contributed by atoms with Crippen LogP contribution in [0.3, 0.4) is 0 Å². The molecular weight excluding hydrogens is 452 g/mol. The van der Waals surface area contributed by atoms with Crippen LogP contribution < -0.4 is 0 Å². The quantitative estimate of drug-likeness (QED) is 0.481. The van der Waals surface area contributed by atoms with Crippen LogP contribution in [-0.2, 0) is 0 Å². The highest BCUT2D eigenvalue weighted by molar-refractivity contribution is 5.67. The van der Waals surface area contributed by atoms with E-state index < -0.39 is 0 Å². The summed E-state index contributed by atoms with van der Waals surface area (Å²) in [5, 5.41) is 0. The lowest BCUT2D eigenvalue weighted by molar-refractivity contribution is 0.0226. The number of nitrogens with zero attached hydrogens (tertiary/aromatic N) is 4. The second-order valence-corrected chi connectivity index (χ2v) is 11.3. The highest BCUT2D eigenvalue weighted by atomic mass is 15.4. The third-order valence-corrected chi connectivity index (χ3v) is 8.94. The van der Waals surface area contributed by atoms with Crippen molar-refractivity contribution in [1.82, 2.24) is 19.6 Å². The van der Waals surface area contributed by atoms with Crippen LogP contribution in [0.2, 0.25) is 0 Å². The first-order valence-electron chi connectivity index (χ1n) is 14.6. The fraction of sp³-hybridized carbons (Fsp3) is 0.515. The molecule has 4 fully saturated rings. The molecule has 0 N–H and O–H groups in total. The Morgan fingerprint density at radius 3 is 1.92 bits per heavy atom. The second kappa shape index (κ2) is 12.5. The Morgan fingerprint density at radius 1 is 0.703 bits per heavy atom. The topological polar surface area (TPSA) is 13.0 Å². The van der Waals surface area contributed by atoms with Crippen molar-refractivity contribution >= 4 is 11.1 Å². The van der Waals surface area contributed by atoms with Crippen LogP contribution in [0, 0.1) is 0 Å². The summed E-state index contributed by atoms with van der Waals surface area (Å²) >= 11 is 0. The predicted octanol–water partition coefficient (Wildman–Crippen LogP) is 6.04. The van der Waals surface area contributed by atoms with E-state index >= 15 is 0 Å². The molecule has 0 amide bonds. The van der Waals surface area contributed by atoms with E-state index in [-0.39, 0.29) is 0 Å². The molecule has 2 aromatic carbocycles. The summed E-state index contributed by atoms with van der Waals surface area (Å²) in [5.74, 6) is 0. The van der Waals surface area contributed by atoms with E-state index in [4.69, 9.17) is 0 Å². The summed E-state index contributed by atoms with van der Waals surface area (Å²) in [4.78, 5) is 10.6. The number of hydrogen-bond donors (Lipinski definition) is 0. The average Bonchev–Trinajstić information content (AvgIpc) is 3.64. The van der Waals surface area contributed by atoms with Gasteiger partial charge in [0, 0.05) is 38.8 Å². The van der Waals surface area contributed by atoms with Gasteiger partial charge in [0.25, 0.3) is 0 Å². The maximum Gasteiger partial charge on any atom is 0.0628 e. The Morgan fingerprint density at radius 2 is 1.24 bits per heavy atom. The monoisotopic (exact) mass is 498 g/mol. The maximum atomic E-state index is 4.35. The zero-order valence-corrected chi connectivity index (χ0v) is 22.9. The van der Waals surface area contributed by atoms with Crippen LogP contribution in [0.4, 0.5) is 0 Å². The molecule has 4 saturated heterocycles. The molecule has 2 aromatic rings. The smallest absolute Gasteiger partial charge is 0.0628 e. The minimum Gasteiger partial charge on any atom is -0.288 e. The predicted molar refractivity (Wildman–Crippen MR) is 157 cm³/mol. The Labute approximate surface area is 225 Å². The molecule has 37 heavy (non-hydrogen) atoms. The Hall–Kier alpha value is -2.24. The molecule has 4 aliphatic rings. The fourth-order valence-electron chi connectivity index (χ4n) is 6.90. The lowest BCUT2D eigenvalue weighted by Crippen LogP contribution is -2.53. The SMILES string of the molecule is C=C(CN1CCCN2CCCC21)c1ccccc1.C=C(c1ccccc1)C(C)N1CCCN2CCCC21. The zero-order valence-electron chi connectivity index (χ0n) is 22.9. The molecule has 0 aromatic heterocycles. The van der Waals surface area contributed by atoms with E-state index in [1.54, 1.807) is 0 Å².